The number of aromatic amines is 2. The number of imidazole rings is 1. The Morgan fingerprint density at radius 2 is 1.97 bits per heavy atom. The number of hydrogen-bond acceptors (Lipinski definition) is 7. The molecule has 5 rings (SSSR count). The summed E-state index contributed by atoms with van der Waals surface area (Å²) in [5.41, 5.74) is 14.8. The molecular weight excluding hydrogens is 608 g/mol. The van der Waals surface area contributed by atoms with E-state index in [4.69, 9.17) is 11.5 Å². The molecule has 4 heterocycles. The smallest absolute Gasteiger partial charge is 0.267 e. The molecule has 3 aromatic rings. The van der Waals surface area contributed by atoms with Crippen LogP contribution >= 0.6 is 31.9 Å². The molecule has 3 aromatic heterocycles. The fourth-order valence-corrected chi connectivity index (χ4v) is 5.97. The van der Waals surface area contributed by atoms with Crippen LogP contribution in [0.15, 0.2) is 38.5 Å². The zero-order chi connectivity index (χ0) is 26.3. The van der Waals surface area contributed by atoms with Gasteiger partial charge in [-0.3, -0.25) is 14.6 Å². The van der Waals surface area contributed by atoms with Gasteiger partial charge in [-0.15, -0.1) is 0 Å². The van der Waals surface area contributed by atoms with Crippen LogP contribution in [-0.4, -0.2) is 63.0 Å². The van der Waals surface area contributed by atoms with Crippen molar-refractivity contribution in [2.45, 2.75) is 18.4 Å². The lowest BCUT2D eigenvalue weighted by atomic mass is 9.69. The van der Waals surface area contributed by atoms with Gasteiger partial charge in [0.2, 0.25) is 0 Å². The number of carbonyl (C=O) groups excluding carboxylic acids is 2. The monoisotopic (exact) mass is 634 g/mol. The van der Waals surface area contributed by atoms with Crippen molar-refractivity contribution in [3.63, 3.8) is 0 Å². The van der Waals surface area contributed by atoms with Gasteiger partial charge in [0.15, 0.2) is 11.9 Å². The van der Waals surface area contributed by atoms with E-state index in [1.807, 2.05) is 13.1 Å². The molecule has 9 N–H and O–H groups in total. The van der Waals surface area contributed by atoms with Crippen LogP contribution in [0.1, 0.15) is 38.3 Å². The van der Waals surface area contributed by atoms with Crippen molar-refractivity contribution in [2.24, 2.45) is 29.6 Å². The second-order valence-electron chi connectivity index (χ2n) is 9.37. The van der Waals surface area contributed by atoms with Gasteiger partial charge >= 0.3 is 0 Å². The van der Waals surface area contributed by atoms with Gasteiger partial charge in [-0.2, -0.15) is 0 Å². The molecule has 2 amide bonds. The molecule has 0 bridgehead atoms. The summed E-state index contributed by atoms with van der Waals surface area (Å²) in [7, 11) is 1.82. The third kappa shape index (κ3) is 5.12. The minimum atomic E-state index is -0.219. The highest BCUT2D eigenvalue weighted by Gasteiger charge is 2.44. The fraction of sp³-hybridized carbons (Fsp3) is 0.391. The molecule has 12 nitrogen and oxygen atoms in total. The predicted molar refractivity (Wildman–Crippen MR) is 146 cm³/mol. The molecule has 0 saturated carbocycles. The van der Waals surface area contributed by atoms with Crippen LogP contribution in [0.2, 0.25) is 0 Å². The van der Waals surface area contributed by atoms with Gasteiger partial charge in [0, 0.05) is 42.4 Å². The van der Waals surface area contributed by atoms with Gasteiger partial charge in [0.25, 0.3) is 11.8 Å². The van der Waals surface area contributed by atoms with Gasteiger partial charge in [0.1, 0.15) is 11.4 Å². The number of nitrogens with zero attached hydrogens (tertiary/aromatic N) is 3. The summed E-state index contributed by atoms with van der Waals surface area (Å²) in [5.74, 6) is 0.0523. The first-order chi connectivity index (χ1) is 17.7. The molecule has 196 valence electrons. The predicted octanol–water partition coefficient (Wildman–Crippen LogP) is 1.20. The summed E-state index contributed by atoms with van der Waals surface area (Å²) < 4.78 is 3.39. The van der Waals surface area contributed by atoms with Gasteiger partial charge in [0.05, 0.1) is 22.9 Å². The quantitative estimate of drug-likeness (QED) is 0.205. The van der Waals surface area contributed by atoms with E-state index in [1.54, 1.807) is 22.9 Å². The number of aliphatic imine (C=N–C) groups is 1. The number of amides is 2. The van der Waals surface area contributed by atoms with Gasteiger partial charge in [-0.25, -0.2) is 4.98 Å². The van der Waals surface area contributed by atoms with Crippen LogP contribution in [0.4, 0.5) is 5.95 Å². The van der Waals surface area contributed by atoms with Crippen LogP contribution in [0.3, 0.4) is 0 Å². The maximum absolute atomic E-state index is 13.0. The Morgan fingerprint density at radius 3 is 2.62 bits per heavy atom. The normalized spacial score (nSPS) is 22.7. The first-order valence-corrected chi connectivity index (χ1v) is 13.4. The number of fused-ring (bicyclic) bond motifs is 1. The van der Waals surface area contributed by atoms with Crippen molar-refractivity contribution < 1.29 is 9.59 Å². The maximum atomic E-state index is 13.0. The number of rotatable bonds is 7. The summed E-state index contributed by atoms with van der Waals surface area (Å²) in [6.07, 6.45) is 2.32. The number of carbonyl (C=O) groups is 2. The molecule has 0 spiro atoms. The van der Waals surface area contributed by atoms with Crippen molar-refractivity contribution in [1.82, 2.24) is 35.5 Å². The first kappa shape index (κ1) is 25.4. The third-order valence-corrected chi connectivity index (χ3v) is 8.37. The average Bonchev–Trinajstić information content (AvgIpc) is 3.64. The Labute approximate surface area is 229 Å². The maximum Gasteiger partial charge on any atom is 0.267 e. The summed E-state index contributed by atoms with van der Waals surface area (Å²) in [6.45, 7) is 1.24. The van der Waals surface area contributed by atoms with E-state index in [9.17, 15) is 9.59 Å². The molecule has 0 radical (unpaired) electrons. The van der Waals surface area contributed by atoms with E-state index >= 15 is 0 Å². The highest BCUT2D eigenvalue weighted by atomic mass is 79.9. The molecular formula is C23H28Br2N10O2. The van der Waals surface area contributed by atoms with Crippen LogP contribution in [0, 0.1) is 11.8 Å². The van der Waals surface area contributed by atoms with E-state index in [2.05, 4.69) is 67.8 Å². The van der Waals surface area contributed by atoms with Crippen molar-refractivity contribution in [1.29, 1.82) is 0 Å². The molecule has 2 aliphatic rings. The lowest BCUT2D eigenvalue weighted by molar-refractivity contribution is 0.0896. The lowest BCUT2D eigenvalue weighted by Crippen LogP contribution is -2.50. The molecule has 4 unspecified atom stereocenters. The number of anilines is 1. The number of hydrogen-bond donors (Lipinski definition) is 7. The topological polar surface area (TPSA) is 184 Å². The van der Waals surface area contributed by atoms with Crippen LogP contribution in [0.25, 0.3) is 0 Å². The standard InChI is InChI=1S/C23H28Br2N10O2/c1-35-16(2-3-17(35)25)21(37)29-6-10-4-13-19(34-23(27)32-13)18(15-9-31-22(26)33-15)12(10)8-30-20(36)14-5-11(24)7-28-14/h2-3,5,7,10,12,15,18,28H,4,6,8-9H2,1H3,(H,29,37)(H,30,36)(H3,26,31,33)(H3,27,32,34). The molecule has 1 aliphatic carbocycles. The van der Waals surface area contributed by atoms with Crippen molar-refractivity contribution in [2.75, 3.05) is 25.4 Å². The van der Waals surface area contributed by atoms with Gasteiger partial charge in [-0.1, -0.05) is 0 Å². The minimum Gasteiger partial charge on any atom is -0.370 e. The van der Waals surface area contributed by atoms with Crippen LogP contribution in [-0.2, 0) is 13.5 Å². The SMILES string of the molecule is Cn1c(Br)ccc1C(=O)NCC1Cc2[nH]c(N)nc2C(C2CN=C(N)N2)C1CNC(=O)c1cc(Br)c[nH]1. The number of halogens is 2. The van der Waals surface area contributed by atoms with Crippen molar-refractivity contribution >= 4 is 55.6 Å². The second kappa shape index (κ2) is 10.2. The van der Waals surface area contributed by atoms with Gasteiger partial charge in [-0.05, 0) is 68.3 Å². The highest BCUT2D eigenvalue weighted by Crippen LogP contribution is 2.41. The fourth-order valence-electron chi connectivity index (χ4n) is 5.31. The zero-order valence-electron chi connectivity index (χ0n) is 20.0. The number of nitrogen functional groups attached to an aromatic ring is 1. The largest absolute Gasteiger partial charge is 0.370 e. The Kier molecular flexibility index (Phi) is 7.03. The highest BCUT2D eigenvalue weighted by molar-refractivity contribution is 9.10. The van der Waals surface area contributed by atoms with Gasteiger partial charge < -0.3 is 42.0 Å². The first-order valence-electron chi connectivity index (χ1n) is 11.8. The molecule has 0 aromatic carbocycles. The van der Waals surface area contributed by atoms with E-state index in [-0.39, 0.29) is 35.6 Å². The Bertz CT molecular complexity index is 1360. The van der Waals surface area contributed by atoms with Crippen molar-refractivity contribution in [3.05, 3.63) is 56.2 Å². The molecule has 0 fully saturated rings. The second-order valence-corrected chi connectivity index (χ2v) is 11.1. The molecule has 37 heavy (non-hydrogen) atoms. The number of H-pyrrole nitrogens is 2. The molecule has 4 atom stereocenters. The summed E-state index contributed by atoms with van der Waals surface area (Å²) in [6, 6.07) is 5.21. The Hall–Kier alpha value is -3.26. The number of nitrogens with one attached hydrogen (secondary N) is 5. The van der Waals surface area contributed by atoms with Crippen LogP contribution in [0.5, 0.6) is 0 Å². The van der Waals surface area contributed by atoms with E-state index in [0.717, 1.165) is 20.5 Å². The number of nitrogens with two attached hydrogens (primary N) is 2. The van der Waals surface area contributed by atoms with E-state index in [1.165, 1.54) is 0 Å². The number of aromatic nitrogens is 4. The average molecular weight is 636 g/mol. The Morgan fingerprint density at radius 1 is 1.19 bits per heavy atom. The van der Waals surface area contributed by atoms with Crippen LogP contribution < -0.4 is 27.4 Å². The lowest BCUT2D eigenvalue weighted by Gasteiger charge is -2.40. The zero-order valence-corrected chi connectivity index (χ0v) is 23.2. The van der Waals surface area contributed by atoms with Crippen molar-refractivity contribution in [3.8, 4) is 0 Å². The number of guanidine groups is 1. The molecule has 0 saturated heterocycles. The van der Waals surface area contributed by atoms with E-state index < -0.39 is 0 Å². The Balaban J connectivity index is 1.41. The summed E-state index contributed by atoms with van der Waals surface area (Å²) in [4.78, 5) is 41.0. The summed E-state index contributed by atoms with van der Waals surface area (Å²) in [5, 5.41) is 9.41. The molecule has 14 heteroatoms. The minimum absolute atomic E-state index is 0.0238. The molecule has 1 aliphatic heterocycles. The van der Waals surface area contributed by atoms with E-state index in [0.29, 0.717) is 49.4 Å². The summed E-state index contributed by atoms with van der Waals surface area (Å²) >= 11 is 6.80. The third-order valence-electron chi connectivity index (χ3n) is 7.11.